The molecule has 100 valence electrons. The number of carboxylic acids is 1. The second kappa shape index (κ2) is 6.15. The first kappa shape index (κ1) is 13.3. The summed E-state index contributed by atoms with van der Waals surface area (Å²) in [7, 11) is 0. The summed E-state index contributed by atoms with van der Waals surface area (Å²) in [4.78, 5) is 11.1. The molecule has 5 nitrogen and oxygen atoms in total. The first-order valence-corrected chi connectivity index (χ1v) is 6.24. The largest absolute Gasteiger partial charge is 0.480 e. The minimum Gasteiger partial charge on any atom is -0.480 e. The number of benzene rings is 1. The van der Waals surface area contributed by atoms with E-state index >= 15 is 0 Å². The van der Waals surface area contributed by atoms with Crippen molar-refractivity contribution < 1.29 is 9.90 Å². The highest BCUT2D eigenvalue weighted by Crippen LogP contribution is 2.17. The normalized spacial score (nSPS) is 12.3. The van der Waals surface area contributed by atoms with Crippen LogP contribution in [0.15, 0.2) is 42.7 Å². The van der Waals surface area contributed by atoms with Gasteiger partial charge in [-0.25, -0.2) is 0 Å². The summed E-state index contributed by atoms with van der Waals surface area (Å²) in [6.45, 7) is 2.81. The molecule has 0 aliphatic carbocycles. The molecule has 2 aromatic rings. The minimum absolute atomic E-state index is 0.315. The number of hydrogen-bond acceptors (Lipinski definition) is 3. The summed E-state index contributed by atoms with van der Waals surface area (Å²) in [6.07, 6.45) is 3.61. The predicted octanol–water partition coefficient (Wildman–Crippen LogP) is 1.61. The lowest BCUT2D eigenvalue weighted by Gasteiger charge is -2.12. The van der Waals surface area contributed by atoms with Crippen LogP contribution in [0.2, 0.25) is 0 Å². The lowest BCUT2D eigenvalue weighted by molar-refractivity contribution is -0.139. The average Bonchev–Trinajstić information content (AvgIpc) is 2.88. The number of nitrogens with zero attached hydrogens (tertiary/aromatic N) is 2. The molecule has 1 heterocycles. The number of nitrogens with one attached hydrogen (secondary N) is 1. The third-order valence-electron chi connectivity index (χ3n) is 2.86. The highest BCUT2D eigenvalue weighted by atomic mass is 16.4. The lowest BCUT2D eigenvalue weighted by atomic mass is 10.1. The molecule has 1 aromatic carbocycles. The van der Waals surface area contributed by atoms with Gasteiger partial charge in [0.2, 0.25) is 0 Å². The van der Waals surface area contributed by atoms with Crippen molar-refractivity contribution in [3.05, 3.63) is 42.7 Å². The molecule has 0 spiro atoms. The Morgan fingerprint density at radius 1 is 1.37 bits per heavy atom. The Balaban J connectivity index is 2.11. The van der Waals surface area contributed by atoms with E-state index in [1.165, 1.54) is 0 Å². The zero-order valence-corrected chi connectivity index (χ0v) is 10.8. The van der Waals surface area contributed by atoms with E-state index in [2.05, 4.69) is 10.4 Å². The van der Waals surface area contributed by atoms with E-state index in [1.807, 2.05) is 43.5 Å². The van der Waals surface area contributed by atoms with Gasteiger partial charge < -0.3 is 10.4 Å². The zero-order chi connectivity index (χ0) is 13.7. The van der Waals surface area contributed by atoms with Crippen molar-refractivity contribution in [2.75, 3.05) is 6.54 Å². The van der Waals surface area contributed by atoms with Gasteiger partial charge in [-0.15, -0.1) is 0 Å². The fraction of sp³-hybridized carbons (Fsp3) is 0.286. The molecular weight excluding hydrogens is 242 g/mol. The molecule has 1 aromatic heterocycles. The first-order chi connectivity index (χ1) is 9.20. The van der Waals surface area contributed by atoms with Crippen molar-refractivity contribution in [2.24, 2.45) is 0 Å². The number of hydrogen-bond donors (Lipinski definition) is 2. The summed E-state index contributed by atoms with van der Waals surface area (Å²) < 4.78 is 1.66. The molecule has 0 bridgehead atoms. The van der Waals surface area contributed by atoms with E-state index in [0.717, 1.165) is 11.1 Å². The van der Waals surface area contributed by atoms with Crippen molar-refractivity contribution in [3.8, 4) is 11.1 Å². The van der Waals surface area contributed by atoms with Crippen LogP contribution in [0, 0.1) is 0 Å². The van der Waals surface area contributed by atoms with Gasteiger partial charge in [0, 0.05) is 11.8 Å². The quantitative estimate of drug-likeness (QED) is 0.827. The van der Waals surface area contributed by atoms with Crippen LogP contribution in [0.1, 0.15) is 6.92 Å². The maximum absolute atomic E-state index is 11.1. The van der Waals surface area contributed by atoms with Gasteiger partial charge in [0.05, 0.1) is 12.7 Å². The van der Waals surface area contributed by atoms with Crippen molar-refractivity contribution in [2.45, 2.75) is 19.5 Å². The molecule has 2 N–H and O–H groups in total. The van der Waals surface area contributed by atoms with Crippen LogP contribution in [0.25, 0.3) is 11.1 Å². The second-order valence-corrected chi connectivity index (χ2v) is 4.27. The molecular formula is C14H17N3O2. The SMILES string of the molecule is CCNC(Cn1cc(-c2ccccc2)cn1)C(=O)O. The van der Waals surface area contributed by atoms with Crippen LogP contribution in [0.5, 0.6) is 0 Å². The predicted molar refractivity (Wildman–Crippen MR) is 72.8 cm³/mol. The molecule has 19 heavy (non-hydrogen) atoms. The van der Waals surface area contributed by atoms with E-state index in [1.54, 1.807) is 10.9 Å². The van der Waals surface area contributed by atoms with Gasteiger partial charge in [-0.1, -0.05) is 37.3 Å². The number of rotatable bonds is 6. The maximum atomic E-state index is 11.1. The van der Waals surface area contributed by atoms with Gasteiger partial charge in [0.15, 0.2) is 0 Å². The van der Waals surface area contributed by atoms with E-state index < -0.39 is 12.0 Å². The number of carbonyl (C=O) groups is 1. The third kappa shape index (κ3) is 3.42. The maximum Gasteiger partial charge on any atom is 0.322 e. The standard InChI is InChI=1S/C14H17N3O2/c1-2-15-13(14(18)19)10-17-9-12(8-16-17)11-6-4-3-5-7-11/h3-9,13,15H,2,10H2,1H3,(H,18,19). The van der Waals surface area contributed by atoms with E-state index in [4.69, 9.17) is 5.11 Å². The summed E-state index contributed by atoms with van der Waals surface area (Å²) in [5.74, 6) is -0.862. The van der Waals surface area contributed by atoms with Crippen molar-refractivity contribution >= 4 is 5.97 Å². The second-order valence-electron chi connectivity index (χ2n) is 4.27. The van der Waals surface area contributed by atoms with Gasteiger partial charge >= 0.3 is 5.97 Å². The van der Waals surface area contributed by atoms with Crippen molar-refractivity contribution in [3.63, 3.8) is 0 Å². The van der Waals surface area contributed by atoms with Crippen LogP contribution in [-0.4, -0.2) is 33.4 Å². The molecule has 0 radical (unpaired) electrons. The molecule has 2 rings (SSSR count). The number of aromatic nitrogens is 2. The minimum atomic E-state index is -0.862. The molecule has 1 atom stereocenters. The first-order valence-electron chi connectivity index (χ1n) is 6.24. The Kier molecular flexibility index (Phi) is 4.30. The Hall–Kier alpha value is -2.14. The molecule has 5 heteroatoms. The monoisotopic (exact) mass is 259 g/mol. The molecule has 0 fully saturated rings. The fourth-order valence-corrected chi connectivity index (χ4v) is 1.91. The summed E-state index contributed by atoms with van der Waals surface area (Å²) >= 11 is 0. The molecule has 1 unspecified atom stereocenters. The van der Waals surface area contributed by atoms with Gasteiger partial charge in [-0.2, -0.15) is 5.10 Å². The molecule has 0 saturated heterocycles. The Bertz CT molecular complexity index is 537. The van der Waals surface area contributed by atoms with Gasteiger partial charge in [0.25, 0.3) is 0 Å². The highest BCUT2D eigenvalue weighted by molar-refractivity contribution is 5.73. The number of likely N-dealkylation sites (N-methyl/N-ethyl adjacent to an activating group) is 1. The third-order valence-corrected chi connectivity index (χ3v) is 2.86. The highest BCUT2D eigenvalue weighted by Gasteiger charge is 2.17. The Morgan fingerprint density at radius 2 is 2.11 bits per heavy atom. The Labute approximate surface area is 111 Å². The van der Waals surface area contributed by atoms with Crippen LogP contribution in [-0.2, 0) is 11.3 Å². The van der Waals surface area contributed by atoms with Gasteiger partial charge in [-0.05, 0) is 12.1 Å². The smallest absolute Gasteiger partial charge is 0.322 e. The lowest BCUT2D eigenvalue weighted by Crippen LogP contribution is -2.40. The fourth-order valence-electron chi connectivity index (χ4n) is 1.91. The van der Waals surface area contributed by atoms with Crippen LogP contribution in [0.3, 0.4) is 0 Å². The number of aliphatic carboxylic acids is 1. The number of carboxylic acid groups (broad SMARTS) is 1. The van der Waals surface area contributed by atoms with Crippen LogP contribution >= 0.6 is 0 Å². The summed E-state index contributed by atoms with van der Waals surface area (Å²) in [5, 5.41) is 16.2. The zero-order valence-electron chi connectivity index (χ0n) is 10.8. The Morgan fingerprint density at radius 3 is 2.74 bits per heavy atom. The van der Waals surface area contributed by atoms with Gasteiger partial charge in [0.1, 0.15) is 6.04 Å². The molecule has 0 amide bonds. The summed E-state index contributed by atoms with van der Waals surface area (Å²) in [5.41, 5.74) is 2.06. The average molecular weight is 259 g/mol. The van der Waals surface area contributed by atoms with E-state index in [-0.39, 0.29) is 0 Å². The molecule has 0 aliphatic rings. The van der Waals surface area contributed by atoms with Gasteiger partial charge in [-0.3, -0.25) is 9.48 Å². The van der Waals surface area contributed by atoms with E-state index in [9.17, 15) is 4.79 Å². The van der Waals surface area contributed by atoms with E-state index in [0.29, 0.717) is 13.1 Å². The topological polar surface area (TPSA) is 67.2 Å². The van der Waals surface area contributed by atoms with Crippen LogP contribution < -0.4 is 5.32 Å². The van der Waals surface area contributed by atoms with Crippen molar-refractivity contribution in [1.82, 2.24) is 15.1 Å². The van der Waals surface area contributed by atoms with Crippen LogP contribution in [0.4, 0.5) is 0 Å². The van der Waals surface area contributed by atoms with Crippen molar-refractivity contribution in [1.29, 1.82) is 0 Å². The molecule has 0 saturated carbocycles. The molecule has 0 aliphatic heterocycles. The summed E-state index contributed by atoms with van der Waals surface area (Å²) in [6, 6.07) is 9.27.